The number of pyridine rings is 1. The van der Waals surface area contributed by atoms with Crippen LogP contribution in [0.4, 0.5) is 10.8 Å². The van der Waals surface area contributed by atoms with Crippen molar-refractivity contribution in [1.29, 1.82) is 0 Å². The first-order chi connectivity index (χ1) is 14.5. The summed E-state index contributed by atoms with van der Waals surface area (Å²) in [6.07, 6.45) is 3.75. The van der Waals surface area contributed by atoms with Gasteiger partial charge in [-0.1, -0.05) is 35.2 Å². The molecule has 1 atom stereocenters. The van der Waals surface area contributed by atoms with Crippen LogP contribution < -0.4 is 10.2 Å². The fourth-order valence-corrected chi connectivity index (χ4v) is 4.87. The molecule has 1 aromatic carbocycles. The molecule has 3 heterocycles. The number of hydrogen-bond acceptors (Lipinski definition) is 7. The van der Waals surface area contributed by atoms with Gasteiger partial charge in [0.25, 0.3) is 0 Å². The maximum Gasteiger partial charge on any atom is 0.231 e. The van der Waals surface area contributed by atoms with Gasteiger partial charge in [0.1, 0.15) is 0 Å². The number of carbonyl (C=O) groups excluding carboxylic acids is 2. The van der Waals surface area contributed by atoms with Crippen LogP contribution in [0.2, 0.25) is 0 Å². The molecule has 2 amide bonds. The summed E-state index contributed by atoms with van der Waals surface area (Å²) >= 11 is 2.88. The molecule has 0 saturated carbocycles. The Balaban J connectivity index is 1.34. The Hall–Kier alpha value is -2.78. The van der Waals surface area contributed by atoms with E-state index in [4.69, 9.17) is 0 Å². The number of thioether (sulfide) groups is 1. The van der Waals surface area contributed by atoms with Gasteiger partial charge in [0.15, 0.2) is 4.34 Å². The number of nitrogens with zero attached hydrogens (tertiary/aromatic N) is 4. The van der Waals surface area contributed by atoms with Crippen molar-refractivity contribution in [3.63, 3.8) is 0 Å². The van der Waals surface area contributed by atoms with Crippen LogP contribution in [0, 0.1) is 19.8 Å². The normalized spacial score (nSPS) is 16.1. The molecular weight excluding hydrogens is 418 g/mol. The van der Waals surface area contributed by atoms with Gasteiger partial charge in [-0.05, 0) is 48.7 Å². The third kappa shape index (κ3) is 4.68. The molecule has 30 heavy (non-hydrogen) atoms. The number of aromatic nitrogens is 3. The summed E-state index contributed by atoms with van der Waals surface area (Å²) in [6, 6.07) is 9.81. The maximum atomic E-state index is 12.7. The van der Waals surface area contributed by atoms with Crippen LogP contribution in [0.25, 0.3) is 0 Å². The Morgan fingerprint density at radius 2 is 2.13 bits per heavy atom. The van der Waals surface area contributed by atoms with Crippen LogP contribution >= 0.6 is 23.1 Å². The summed E-state index contributed by atoms with van der Waals surface area (Å²) < 4.78 is 0.772. The second kappa shape index (κ2) is 8.93. The van der Waals surface area contributed by atoms with Gasteiger partial charge in [-0.3, -0.25) is 14.6 Å². The molecule has 7 nitrogen and oxygen atoms in total. The molecule has 0 aliphatic carbocycles. The average Bonchev–Trinajstić information content (AvgIpc) is 3.36. The summed E-state index contributed by atoms with van der Waals surface area (Å²) in [5.74, 6) is 0.0888. The molecule has 1 aliphatic rings. The third-order valence-electron chi connectivity index (χ3n) is 5.02. The standard InChI is InChI=1S/C21H21N5O2S2/c1-13-5-6-17(8-14(13)2)26-11-16(9-18(26)27)19(28)23-20-24-25-21(30-20)29-12-15-4-3-7-22-10-15/h3-8,10,16H,9,11-12H2,1-2H3,(H,23,24,28). The number of aryl methyl sites for hydroxylation is 2. The highest BCUT2D eigenvalue weighted by Gasteiger charge is 2.35. The van der Waals surface area contributed by atoms with Crippen molar-refractivity contribution in [3.05, 3.63) is 59.4 Å². The first-order valence-corrected chi connectivity index (χ1v) is 11.3. The molecule has 1 saturated heterocycles. The van der Waals surface area contributed by atoms with Crippen molar-refractivity contribution in [3.8, 4) is 0 Å². The van der Waals surface area contributed by atoms with E-state index in [1.165, 1.54) is 16.9 Å². The highest BCUT2D eigenvalue weighted by Crippen LogP contribution is 2.30. The van der Waals surface area contributed by atoms with Crippen LogP contribution in [-0.4, -0.2) is 33.5 Å². The molecule has 9 heteroatoms. The largest absolute Gasteiger partial charge is 0.312 e. The van der Waals surface area contributed by atoms with E-state index in [2.05, 4.69) is 20.5 Å². The van der Waals surface area contributed by atoms with Crippen LogP contribution in [-0.2, 0) is 15.3 Å². The van der Waals surface area contributed by atoms with Crippen molar-refractivity contribution in [2.24, 2.45) is 5.92 Å². The number of carbonyl (C=O) groups is 2. The highest BCUT2D eigenvalue weighted by molar-refractivity contribution is 8.00. The van der Waals surface area contributed by atoms with Gasteiger partial charge >= 0.3 is 0 Å². The van der Waals surface area contributed by atoms with E-state index in [9.17, 15) is 9.59 Å². The molecule has 2 aromatic heterocycles. The van der Waals surface area contributed by atoms with Crippen LogP contribution in [0.5, 0.6) is 0 Å². The number of amides is 2. The number of nitrogens with one attached hydrogen (secondary N) is 1. The van der Waals surface area contributed by atoms with Crippen LogP contribution in [0.3, 0.4) is 0 Å². The molecule has 3 aromatic rings. The van der Waals surface area contributed by atoms with Gasteiger partial charge in [-0.25, -0.2) is 0 Å². The van der Waals surface area contributed by atoms with Crippen LogP contribution in [0.15, 0.2) is 47.1 Å². The number of rotatable bonds is 6. The van der Waals surface area contributed by atoms with Gasteiger partial charge in [-0.2, -0.15) is 0 Å². The van der Waals surface area contributed by atoms with Gasteiger partial charge in [-0.15, -0.1) is 10.2 Å². The van der Waals surface area contributed by atoms with Gasteiger partial charge in [0, 0.05) is 36.8 Å². The van der Waals surface area contributed by atoms with E-state index in [0.717, 1.165) is 26.9 Å². The smallest absolute Gasteiger partial charge is 0.231 e. The van der Waals surface area contributed by atoms with Crippen molar-refractivity contribution >= 4 is 45.7 Å². The zero-order valence-corrected chi connectivity index (χ0v) is 18.3. The molecule has 0 spiro atoms. The second-order valence-electron chi connectivity index (χ2n) is 7.19. The number of anilines is 2. The molecule has 0 radical (unpaired) electrons. The van der Waals surface area contributed by atoms with Gasteiger partial charge < -0.3 is 10.2 Å². The lowest BCUT2D eigenvalue weighted by atomic mass is 10.1. The van der Waals surface area contributed by atoms with E-state index in [-0.39, 0.29) is 18.2 Å². The topological polar surface area (TPSA) is 88.1 Å². The highest BCUT2D eigenvalue weighted by atomic mass is 32.2. The predicted molar refractivity (Wildman–Crippen MR) is 119 cm³/mol. The lowest BCUT2D eigenvalue weighted by molar-refractivity contribution is -0.122. The lowest BCUT2D eigenvalue weighted by Gasteiger charge is -2.17. The summed E-state index contributed by atoms with van der Waals surface area (Å²) in [6.45, 7) is 4.42. The second-order valence-corrected chi connectivity index (χ2v) is 9.39. The van der Waals surface area contributed by atoms with Crippen molar-refractivity contribution in [2.45, 2.75) is 30.4 Å². The quantitative estimate of drug-likeness (QED) is 0.464. The van der Waals surface area contributed by atoms with E-state index < -0.39 is 5.92 Å². The Bertz CT molecular complexity index is 1070. The van der Waals surface area contributed by atoms with E-state index in [0.29, 0.717) is 11.7 Å². The summed E-state index contributed by atoms with van der Waals surface area (Å²) in [5.41, 5.74) is 4.23. The SMILES string of the molecule is Cc1ccc(N2CC(C(=O)Nc3nnc(SCc4cccnc4)s3)CC2=O)cc1C. The molecule has 4 rings (SSSR count). The Morgan fingerprint density at radius 1 is 1.27 bits per heavy atom. The Kier molecular flexibility index (Phi) is 6.10. The summed E-state index contributed by atoms with van der Waals surface area (Å²) in [5, 5.41) is 11.5. The van der Waals surface area contributed by atoms with Gasteiger partial charge in [0.2, 0.25) is 16.9 Å². The predicted octanol–water partition coefficient (Wildman–Crippen LogP) is 3.83. The van der Waals surface area contributed by atoms with E-state index in [1.807, 2.05) is 50.4 Å². The molecular formula is C21H21N5O2S2. The zero-order chi connectivity index (χ0) is 21.1. The van der Waals surface area contributed by atoms with Crippen molar-refractivity contribution in [2.75, 3.05) is 16.8 Å². The lowest BCUT2D eigenvalue weighted by Crippen LogP contribution is -2.28. The Labute approximate surface area is 182 Å². The fourth-order valence-electron chi connectivity index (χ4n) is 3.18. The summed E-state index contributed by atoms with van der Waals surface area (Å²) in [7, 11) is 0. The zero-order valence-electron chi connectivity index (χ0n) is 16.7. The first kappa shape index (κ1) is 20.5. The minimum atomic E-state index is -0.408. The monoisotopic (exact) mass is 439 g/mol. The minimum absolute atomic E-state index is 0.0385. The minimum Gasteiger partial charge on any atom is -0.312 e. The van der Waals surface area contributed by atoms with E-state index in [1.54, 1.807) is 22.9 Å². The van der Waals surface area contributed by atoms with E-state index >= 15 is 0 Å². The van der Waals surface area contributed by atoms with Crippen molar-refractivity contribution in [1.82, 2.24) is 15.2 Å². The fraction of sp³-hybridized carbons (Fsp3) is 0.286. The number of hydrogen-bond donors (Lipinski definition) is 1. The van der Waals surface area contributed by atoms with Crippen molar-refractivity contribution < 1.29 is 9.59 Å². The molecule has 1 N–H and O–H groups in total. The molecule has 1 fully saturated rings. The number of benzene rings is 1. The van der Waals surface area contributed by atoms with Crippen LogP contribution in [0.1, 0.15) is 23.1 Å². The maximum absolute atomic E-state index is 12.7. The Morgan fingerprint density at radius 3 is 2.90 bits per heavy atom. The summed E-state index contributed by atoms with van der Waals surface area (Å²) in [4.78, 5) is 30.9. The molecule has 154 valence electrons. The van der Waals surface area contributed by atoms with Gasteiger partial charge in [0.05, 0.1) is 5.92 Å². The first-order valence-electron chi connectivity index (χ1n) is 9.53. The molecule has 1 unspecified atom stereocenters. The molecule has 0 bridgehead atoms. The average molecular weight is 440 g/mol. The molecule has 1 aliphatic heterocycles. The third-order valence-corrected chi connectivity index (χ3v) is 7.06.